The van der Waals surface area contributed by atoms with Gasteiger partial charge in [-0.15, -0.1) is 0 Å². The van der Waals surface area contributed by atoms with E-state index in [9.17, 15) is 4.79 Å². The number of nitrogens with zero attached hydrogens (tertiary/aromatic N) is 4. The molecule has 0 aliphatic carbocycles. The number of fused-ring (bicyclic) bond motifs is 2. The molecule has 0 bridgehead atoms. The largest absolute Gasteiger partial charge is 0.492 e. The summed E-state index contributed by atoms with van der Waals surface area (Å²) in [5.41, 5.74) is 3.86. The number of ether oxygens (including phenoxy) is 1. The van der Waals surface area contributed by atoms with Crippen LogP contribution in [0.1, 0.15) is 59.5 Å². The lowest BCUT2D eigenvalue weighted by Gasteiger charge is -2.27. The zero-order valence-corrected chi connectivity index (χ0v) is 15.1. The van der Waals surface area contributed by atoms with Crippen LogP contribution in [0.5, 0.6) is 5.75 Å². The molecule has 2 aliphatic heterocycles. The zero-order chi connectivity index (χ0) is 17.6. The first-order valence-electron chi connectivity index (χ1n) is 9.00. The van der Waals surface area contributed by atoms with Gasteiger partial charge in [-0.1, -0.05) is 13.8 Å². The van der Waals surface area contributed by atoms with Gasteiger partial charge in [0.25, 0.3) is 5.91 Å². The fraction of sp³-hybridized carbons (Fsp3) is 0.526. The summed E-state index contributed by atoms with van der Waals surface area (Å²) in [6.45, 7) is 6.29. The third-order valence-electron chi connectivity index (χ3n) is 5.11. The summed E-state index contributed by atoms with van der Waals surface area (Å²) in [4.78, 5) is 23.9. The van der Waals surface area contributed by atoms with Crippen LogP contribution in [-0.2, 0) is 26.4 Å². The number of amides is 1. The smallest absolute Gasteiger partial charge is 0.272 e. The predicted molar refractivity (Wildman–Crippen MR) is 93.8 cm³/mol. The molecular formula is C19H24N4O2. The average molecular weight is 340 g/mol. The Kier molecular flexibility index (Phi) is 3.98. The van der Waals surface area contributed by atoms with Crippen molar-refractivity contribution in [1.29, 1.82) is 0 Å². The van der Waals surface area contributed by atoms with Crippen LogP contribution < -0.4 is 4.74 Å². The normalized spacial score (nSPS) is 16.4. The minimum Gasteiger partial charge on any atom is -0.492 e. The zero-order valence-electron chi connectivity index (χ0n) is 15.1. The van der Waals surface area contributed by atoms with Crippen molar-refractivity contribution in [3.05, 3.63) is 40.7 Å². The van der Waals surface area contributed by atoms with Crippen molar-refractivity contribution in [2.45, 2.75) is 45.6 Å². The Labute approximate surface area is 147 Å². The van der Waals surface area contributed by atoms with Crippen molar-refractivity contribution >= 4 is 5.91 Å². The molecule has 2 aromatic rings. The second-order valence-corrected chi connectivity index (χ2v) is 7.18. The Morgan fingerprint density at radius 1 is 1.32 bits per heavy atom. The van der Waals surface area contributed by atoms with Crippen LogP contribution in [-0.4, -0.2) is 38.5 Å². The molecule has 4 heterocycles. The lowest BCUT2D eigenvalue weighted by Crippen LogP contribution is -2.37. The van der Waals surface area contributed by atoms with Crippen molar-refractivity contribution in [2.75, 3.05) is 13.2 Å². The molecule has 0 radical (unpaired) electrons. The van der Waals surface area contributed by atoms with E-state index in [1.54, 1.807) is 6.20 Å². The molecule has 0 saturated carbocycles. The van der Waals surface area contributed by atoms with Crippen molar-refractivity contribution in [1.82, 2.24) is 19.4 Å². The van der Waals surface area contributed by atoms with Gasteiger partial charge in [0.15, 0.2) is 0 Å². The van der Waals surface area contributed by atoms with Crippen molar-refractivity contribution in [2.24, 2.45) is 7.05 Å². The van der Waals surface area contributed by atoms with Gasteiger partial charge in [0, 0.05) is 31.6 Å². The first-order chi connectivity index (χ1) is 12.0. The van der Waals surface area contributed by atoms with Gasteiger partial charge in [-0.05, 0) is 24.5 Å². The highest BCUT2D eigenvalue weighted by Crippen LogP contribution is 2.27. The lowest BCUT2D eigenvalue weighted by atomic mass is 10.1. The maximum Gasteiger partial charge on any atom is 0.272 e. The topological polar surface area (TPSA) is 60.2 Å². The number of hydrogen-bond donors (Lipinski definition) is 0. The molecule has 2 aromatic heterocycles. The fourth-order valence-electron chi connectivity index (χ4n) is 3.77. The summed E-state index contributed by atoms with van der Waals surface area (Å²) in [5.74, 6) is 2.26. The Morgan fingerprint density at radius 3 is 2.96 bits per heavy atom. The number of pyridine rings is 1. The highest BCUT2D eigenvalue weighted by Gasteiger charge is 2.28. The second kappa shape index (κ2) is 6.17. The molecule has 6 heteroatoms. The Morgan fingerprint density at radius 2 is 2.16 bits per heavy atom. The van der Waals surface area contributed by atoms with Crippen molar-refractivity contribution in [3.8, 4) is 5.75 Å². The lowest BCUT2D eigenvalue weighted by molar-refractivity contribution is 0.0725. The summed E-state index contributed by atoms with van der Waals surface area (Å²) in [6, 6.07) is 1.89. The Balaban J connectivity index is 1.57. The molecule has 0 spiro atoms. The van der Waals surface area contributed by atoms with Crippen molar-refractivity contribution < 1.29 is 9.53 Å². The van der Waals surface area contributed by atoms with Crippen molar-refractivity contribution in [3.63, 3.8) is 0 Å². The average Bonchev–Trinajstić information content (AvgIpc) is 2.97. The first-order valence-corrected chi connectivity index (χ1v) is 9.00. The van der Waals surface area contributed by atoms with Gasteiger partial charge in [-0.25, -0.2) is 9.97 Å². The molecule has 1 amide bonds. The number of rotatable bonds is 2. The maximum atomic E-state index is 12.9. The van der Waals surface area contributed by atoms with E-state index >= 15 is 0 Å². The second-order valence-electron chi connectivity index (χ2n) is 7.18. The number of carbonyl (C=O) groups excluding carboxylic acids is 1. The van der Waals surface area contributed by atoms with E-state index in [4.69, 9.17) is 9.72 Å². The van der Waals surface area contributed by atoms with E-state index in [-0.39, 0.29) is 5.91 Å². The van der Waals surface area contributed by atoms with Gasteiger partial charge in [0.05, 0.1) is 25.0 Å². The molecule has 0 saturated heterocycles. The van der Waals surface area contributed by atoms with Gasteiger partial charge in [0.1, 0.15) is 17.3 Å². The predicted octanol–water partition coefficient (Wildman–Crippen LogP) is 2.46. The molecular weight excluding hydrogens is 316 g/mol. The Hall–Kier alpha value is -2.37. The summed E-state index contributed by atoms with van der Waals surface area (Å²) in [7, 11) is 2.07. The molecule has 0 atom stereocenters. The number of aryl methyl sites for hydroxylation is 1. The van der Waals surface area contributed by atoms with E-state index in [2.05, 4.69) is 30.4 Å². The van der Waals surface area contributed by atoms with E-state index < -0.39 is 0 Å². The van der Waals surface area contributed by atoms with Gasteiger partial charge in [-0.2, -0.15) is 0 Å². The summed E-state index contributed by atoms with van der Waals surface area (Å²) in [5, 5.41) is 0. The van der Waals surface area contributed by atoms with E-state index in [1.807, 2.05) is 11.0 Å². The van der Waals surface area contributed by atoms with Crippen LogP contribution in [0.3, 0.4) is 0 Å². The first kappa shape index (κ1) is 16.1. The van der Waals surface area contributed by atoms with Gasteiger partial charge >= 0.3 is 0 Å². The molecule has 6 nitrogen and oxygen atoms in total. The van der Waals surface area contributed by atoms with Gasteiger partial charge < -0.3 is 14.2 Å². The molecule has 132 valence electrons. The minimum atomic E-state index is -0.0178. The van der Waals surface area contributed by atoms with E-state index in [0.717, 1.165) is 48.7 Å². The third kappa shape index (κ3) is 2.79. The third-order valence-corrected chi connectivity index (χ3v) is 5.11. The van der Waals surface area contributed by atoms with Crippen LogP contribution >= 0.6 is 0 Å². The maximum absolute atomic E-state index is 12.9. The quantitative estimate of drug-likeness (QED) is 0.843. The van der Waals surface area contributed by atoms with Crippen LogP contribution in [0.25, 0.3) is 0 Å². The minimum absolute atomic E-state index is 0.0178. The monoisotopic (exact) mass is 340 g/mol. The van der Waals surface area contributed by atoms with Crippen LogP contribution in [0, 0.1) is 0 Å². The summed E-state index contributed by atoms with van der Waals surface area (Å²) in [6.07, 6.45) is 4.46. The van der Waals surface area contributed by atoms with Crippen LogP contribution in [0.2, 0.25) is 0 Å². The molecule has 4 rings (SSSR count). The highest BCUT2D eigenvalue weighted by atomic mass is 16.5. The number of carbonyl (C=O) groups is 1. The van der Waals surface area contributed by atoms with Crippen LogP contribution in [0.4, 0.5) is 0 Å². The standard InChI is InChI=1S/C19H24N4O2/c1-12(2)18-21-15-11-23(7-6-16(15)22(18)3)19(24)14-9-13-5-4-8-25-17(13)10-20-14/h9-10,12H,4-8,11H2,1-3H3. The van der Waals surface area contributed by atoms with E-state index in [1.165, 1.54) is 5.69 Å². The van der Waals surface area contributed by atoms with Gasteiger partial charge in [0.2, 0.25) is 0 Å². The number of imidazole rings is 1. The molecule has 25 heavy (non-hydrogen) atoms. The SMILES string of the molecule is CC(C)c1nc2c(n1C)CCN(C(=O)c1cc3c(cn1)OCCC3)C2. The highest BCUT2D eigenvalue weighted by molar-refractivity contribution is 5.92. The molecule has 0 fully saturated rings. The molecule has 0 unspecified atom stereocenters. The molecule has 0 aromatic carbocycles. The molecule has 0 N–H and O–H groups in total. The number of aromatic nitrogens is 3. The fourth-order valence-corrected chi connectivity index (χ4v) is 3.77. The summed E-state index contributed by atoms with van der Waals surface area (Å²) < 4.78 is 7.78. The van der Waals surface area contributed by atoms with Gasteiger partial charge in [-0.3, -0.25) is 4.79 Å². The van der Waals surface area contributed by atoms with E-state index in [0.29, 0.717) is 24.7 Å². The van der Waals surface area contributed by atoms with Crippen LogP contribution in [0.15, 0.2) is 12.3 Å². The Bertz CT molecular complexity index is 825. The number of hydrogen-bond acceptors (Lipinski definition) is 4. The summed E-state index contributed by atoms with van der Waals surface area (Å²) >= 11 is 0. The molecule has 2 aliphatic rings.